The first-order valence-electron chi connectivity index (χ1n) is 5.00. The molecule has 1 amide bonds. The molecule has 0 fully saturated rings. The van der Waals surface area contributed by atoms with Crippen LogP contribution in [0.25, 0.3) is 0 Å². The van der Waals surface area contributed by atoms with Crippen LogP contribution in [0, 0.1) is 5.92 Å². The fraction of sp³-hybridized carbons (Fsp3) is 0.545. The van der Waals surface area contributed by atoms with Crippen LogP contribution in [0.3, 0.4) is 0 Å². The van der Waals surface area contributed by atoms with Crippen LogP contribution in [-0.2, 0) is 4.79 Å². The minimum Gasteiger partial charge on any atom is -0.467 e. The van der Waals surface area contributed by atoms with Crippen molar-refractivity contribution in [1.29, 1.82) is 0 Å². The molecule has 0 aliphatic heterocycles. The number of alkyl halides is 1. The third kappa shape index (κ3) is 3.38. The molecule has 0 aromatic carbocycles. The first kappa shape index (κ1) is 12.3. The van der Waals surface area contributed by atoms with Crippen molar-refractivity contribution in [3.05, 3.63) is 24.2 Å². The minimum atomic E-state index is -0.157. The molecule has 1 rings (SSSR count). The zero-order valence-corrected chi connectivity index (χ0v) is 10.7. The number of halogens is 1. The minimum absolute atomic E-state index is 0.00565. The second-order valence-electron chi connectivity index (χ2n) is 3.89. The maximum atomic E-state index is 11.7. The van der Waals surface area contributed by atoms with E-state index >= 15 is 0 Å². The number of hydrogen-bond donors (Lipinski definition) is 1. The number of hydrogen-bond acceptors (Lipinski definition) is 2. The third-order valence-corrected chi connectivity index (χ3v) is 3.64. The maximum absolute atomic E-state index is 11.7. The van der Waals surface area contributed by atoms with Crippen molar-refractivity contribution in [2.75, 3.05) is 0 Å². The lowest BCUT2D eigenvalue weighted by Gasteiger charge is -2.17. The van der Waals surface area contributed by atoms with Crippen molar-refractivity contribution in [3.63, 3.8) is 0 Å². The summed E-state index contributed by atoms with van der Waals surface area (Å²) in [5, 5.41) is 2.88. The Morgan fingerprint density at radius 2 is 2.13 bits per heavy atom. The SMILES string of the molecule is CC(NC(=O)C(Br)C(C)C)c1ccco1. The van der Waals surface area contributed by atoms with Gasteiger partial charge >= 0.3 is 0 Å². The molecule has 2 atom stereocenters. The van der Waals surface area contributed by atoms with Gasteiger partial charge in [-0.25, -0.2) is 0 Å². The predicted molar refractivity (Wildman–Crippen MR) is 62.8 cm³/mol. The van der Waals surface area contributed by atoms with Crippen LogP contribution in [0.1, 0.15) is 32.6 Å². The normalized spacial score (nSPS) is 15.0. The second-order valence-corrected chi connectivity index (χ2v) is 4.88. The van der Waals surface area contributed by atoms with Gasteiger partial charge in [0.15, 0.2) is 0 Å². The molecule has 4 heteroatoms. The Balaban J connectivity index is 2.52. The zero-order valence-electron chi connectivity index (χ0n) is 9.16. The van der Waals surface area contributed by atoms with Gasteiger partial charge in [-0.1, -0.05) is 29.8 Å². The molecule has 0 bridgehead atoms. The molecule has 0 radical (unpaired) electrons. The lowest BCUT2D eigenvalue weighted by Crippen LogP contribution is -2.35. The van der Waals surface area contributed by atoms with E-state index in [0.717, 1.165) is 5.76 Å². The number of amides is 1. The molecule has 1 heterocycles. The first-order chi connectivity index (χ1) is 7.02. The van der Waals surface area contributed by atoms with E-state index in [-0.39, 0.29) is 22.7 Å². The first-order valence-corrected chi connectivity index (χ1v) is 5.91. The molecule has 0 aliphatic rings. The topological polar surface area (TPSA) is 42.2 Å². The molecule has 3 nitrogen and oxygen atoms in total. The number of furan rings is 1. The summed E-state index contributed by atoms with van der Waals surface area (Å²) in [6.07, 6.45) is 1.60. The Morgan fingerprint density at radius 3 is 2.60 bits per heavy atom. The summed E-state index contributed by atoms with van der Waals surface area (Å²) >= 11 is 3.36. The van der Waals surface area contributed by atoms with Gasteiger partial charge in [-0.15, -0.1) is 0 Å². The molecule has 1 aromatic rings. The molecule has 0 saturated carbocycles. The molecule has 1 aromatic heterocycles. The lowest BCUT2D eigenvalue weighted by molar-refractivity contribution is -0.121. The van der Waals surface area contributed by atoms with Gasteiger partial charge in [0.2, 0.25) is 5.91 Å². The molecule has 84 valence electrons. The molecule has 1 N–H and O–H groups in total. The summed E-state index contributed by atoms with van der Waals surface area (Å²) < 4.78 is 5.21. The largest absolute Gasteiger partial charge is 0.467 e. The molecule has 15 heavy (non-hydrogen) atoms. The Bertz CT molecular complexity index is 308. The van der Waals surface area contributed by atoms with Crippen molar-refractivity contribution in [2.24, 2.45) is 5.92 Å². The van der Waals surface area contributed by atoms with Gasteiger partial charge in [-0.05, 0) is 25.0 Å². The summed E-state index contributed by atoms with van der Waals surface area (Å²) in [7, 11) is 0. The van der Waals surface area contributed by atoms with Crippen LogP contribution >= 0.6 is 15.9 Å². The highest BCUT2D eigenvalue weighted by Gasteiger charge is 2.21. The Kier molecular flexibility index (Phi) is 4.39. The average molecular weight is 274 g/mol. The quantitative estimate of drug-likeness (QED) is 0.858. The summed E-state index contributed by atoms with van der Waals surface area (Å²) in [6.45, 7) is 5.89. The van der Waals surface area contributed by atoms with Gasteiger partial charge in [-0.2, -0.15) is 0 Å². The molecular formula is C11H16BrNO2. The maximum Gasteiger partial charge on any atom is 0.234 e. The van der Waals surface area contributed by atoms with E-state index in [4.69, 9.17) is 4.42 Å². The van der Waals surface area contributed by atoms with Gasteiger partial charge in [0, 0.05) is 0 Å². The fourth-order valence-electron chi connectivity index (χ4n) is 1.20. The monoisotopic (exact) mass is 273 g/mol. The van der Waals surface area contributed by atoms with Crippen molar-refractivity contribution in [1.82, 2.24) is 5.32 Å². The lowest BCUT2D eigenvalue weighted by atomic mass is 10.1. The van der Waals surface area contributed by atoms with Crippen molar-refractivity contribution < 1.29 is 9.21 Å². The van der Waals surface area contributed by atoms with Crippen LogP contribution in [-0.4, -0.2) is 10.7 Å². The number of carbonyl (C=O) groups is 1. The van der Waals surface area contributed by atoms with E-state index in [9.17, 15) is 4.79 Å². The highest BCUT2D eigenvalue weighted by molar-refractivity contribution is 9.10. The number of rotatable bonds is 4. The van der Waals surface area contributed by atoms with Crippen LogP contribution in [0.4, 0.5) is 0 Å². The van der Waals surface area contributed by atoms with E-state index in [0.29, 0.717) is 0 Å². The predicted octanol–water partition coefficient (Wildman–Crippen LogP) is 2.88. The van der Waals surface area contributed by atoms with E-state index in [1.807, 2.05) is 32.9 Å². The molecule has 2 unspecified atom stereocenters. The van der Waals surface area contributed by atoms with Crippen LogP contribution in [0.2, 0.25) is 0 Å². The Morgan fingerprint density at radius 1 is 1.47 bits per heavy atom. The standard InChI is InChI=1S/C11H16BrNO2/c1-7(2)10(12)11(14)13-8(3)9-5-4-6-15-9/h4-8,10H,1-3H3,(H,13,14). The number of nitrogens with one attached hydrogen (secondary N) is 1. The molecule has 0 saturated heterocycles. The fourth-order valence-corrected chi connectivity index (χ4v) is 1.34. The van der Waals surface area contributed by atoms with Gasteiger partial charge in [0.05, 0.1) is 17.1 Å². The number of carbonyl (C=O) groups excluding carboxylic acids is 1. The summed E-state index contributed by atoms with van der Waals surface area (Å²) in [5.74, 6) is 1.04. The average Bonchev–Trinajstić information content (AvgIpc) is 2.68. The highest BCUT2D eigenvalue weighted by atomic mass is 79.9. The van der Waals surface area contributed by atoms with Gasteiger partial charge in [0.1, 0.15) is 5.76 Å². The molecular weight excluding hydrogens is 258 g/mol. The van der Waals surface area contributed by atoms with Gasteiger partial charge in [0.25, 0.3) is 0 Å². The van der Waals surface area contributed by atoms with Crippen LogP contribution < -0.4 is 5.32 Å². The van der Waals surface area contributed by atoms with E-state index in [2.05, 4.69) is 21.2 Å². The summed E-state index contributed by atoms with van der Waals surface area (Å²) in [4.78, 5) is 11.5. The summed E-state index contributed by atoms with van der Waals surface area (Å²) in [5.41, 5.74) is 0. The van der Waals surface area contributed by atoms with Crippen molar-refractivity contribution >= 4 is 21.8 Å². The van der Waals surface area contributed by atoms with Crippen LogP contribution in [0.5, 0.6) is 0 Å². The van der Waals surface area contributed by atoms with E-state index < -0.39 is 0 Å². The third-order valence-electron chi connectivity index (χ3n) is 2.16. The smallest absolute Gasteiger partial charge is 0.234 e. The molecule has 0 aliphatic carbocycles. The van der Waals surface area contributed by atoms with Gasteiger partial charge in [-0.3, -0.25) is 4.79 Å². The Hall–Kier alpha value is -0.770. The highest BCUT2D eigenvalue weighted by Crippen LogP contribution is 2.16. The van der Waals surface area contributed by atoms with Crippen molar-refractivity contribution in [3.8, 4) is 0 Å². The van der Waals surface area contributed by atoms with E-state index in [1.54, 1.807) is 6.26 Å². The van der Waals surface area contributed by atoms with E-state index in [1.165, 1.54) is 0 Å². The second kappa shape index (κ2) is 5.35. The molecule has 0 spiro atoms. The summed E-state index contributed by atoms with van der Waals surface area (Å²) in [6, 6.07) is 3.57. The van der Waals surface area contributed by atoms with Crippen molar-refractivity contribution in [2.45, 2.75) is 31.6 Å². The van der Waals surface area contributed by atoms with Crippen LogP contribution in [0.15, 0.2) is 22.8 Å². The van der Waals surface area contributed by atoms with Gasteiger partial charge < -0.3 is 9.73 Å². The zero-order chi connectivity index (χ0) is 11.4. The Labute approximate surface area is 98.4 Å².